The van der Waals surface area contributed by atoms with Gasteiger partial charge < -0.3 is 10.2 Å². The molecule has 4 aromatic carbocycles. The van der Waals surface area contributed by atoms with Crippen LogP contribution in [0.1, 0.15) is 70.6 Å². The molecule has 2 aliphatic rings. The van der Waals surface area contributed by atoms with Gasteiger partial charge in [0.25, 0.3) is 23.6 Å². The third kappa shape index (κ3) is 4.14. The summed E-state index contributed by atoms with van der Waals surface area (Å²) in [5, 5.41) is 21.3. The second-order valence-corrected chi connectivity index (χ2v) is 10.7. The van der Waals surface area contributed by atoms with Crippen LogP contribution in [-0.2, 0) is 5.41 Å². The van der Waals surface area contributed by atoms with Crippen LogP contribution in [0.4, 0.5) is 24.5 Å². The van der Waals surface area contributed by atoms with Gasteiger partial charge in [0.15, 0.2) is 0 Å². The first-order chi connectivity index (χ1) is 21.7. The summed E-state index contributed by atoms with van der Waals surface area (Å²) in [5.41, 5.74) is -4.64. The van der Waals surface area contributed by atoms with Crippen LogP contribution < -0.4 is 9.80 Å². The molecule has 226 valence electrons. The Morgan fingerprint density at radius 1 is 0.587 bits per heavy atom. The SMILES string of the molecule is C#Cc1ccc2c(c1)C(=O)N(c1cc(C(C)(c3ccc(O)c(N4C(=O)c5ccc(C#C)cc5C4=O)c3)C(F)(F)F)ccc1O)C2=O. The number of phenolic OH excluding ortho intramolecular Hbond substituents is 2. The van der Waals surface area contributed by atoms with Crippen LogP contribution in [0, 0.1) is 24.7 Å². The maximum absolute atomic E-state index is 15.1. The molecule has 6 rings (SSSR count). The number of benzene rings is 4. The number of hydrogen-bond acceptors (Lipinski definition) is 6. The highest BCUT2D eigenvalue weighted by Gasteiger charge is 2.54. The topological polar surface area (TPSA) is 115 Å². The lowest BCUT2D eigenvalue weighted by Crippen LogP contribution is -2.41. The first kappa shape index (κ1) is 29.7. The Morgan fingerprint density at radius 3 is 1.30 bits per heavy atom. The molecule has 0 radical (unpaired) electrons. The van der Waals surface area contributed by atoms with E-state index in [1.54, 1.807) is 0 Å². The predicted molar refractivity (Wildman–Crippen MR) is 160 cm³/mol. The smallest absolute Gasteiger partial charge is 0.402 e. The molecular weight excluding hydrogens is 601 g/mol. The van der Waals surface area contributed by atoms with E-state index in [0.717, 1.165) is 43.3 Å². The molecule has 0 saturated heterocycles. The fourth-order valence-electron chi connectivity index (χ4n) is 5.62. The lowest BCUT2D eigenvalue weighted by Gasteiger charge is -2.34. The van der Waals surface area contributed by atoms with E-state index in [-0.39, 0.29) is 22.3 Å². The Kier molecular flexibility index (Phi) is 6.53. The third-order valence-corrected chi connectivity index (χ3v) is 8.26. The van der Waals surface area contributed by atoms with Crippen molar-refractivity contribution < 1.29 is 42.6 Å². The number of amides is 4. The normalized spacial score (nSPS) is 14.3. The van der Waals surface area contributed by atoms with Crippen molar-refractivity contribution >= 4 is 35.0 Å². The van der Waals surface area contributed by atoms with Gasteiger partial charge in [0, 0.05) is 11.1 Å². The molecule has 0 saturated carbocycles. The molecule has 0 bridgehead atoms. The molecule has 8 nitrogen and oxygen atoms in total. The second kappa shape index (κ2) is 10.1. The Morgan fingerprint density at radius 2 is 0.957 bits per heavy atom. The number of anilines is 2. The van der Waals surface area contributed by atoms with E-state index < -0.39 is 69.2 Å². The molecule has 2 heterocycles. The molecule has 0 fully saturated rings. The molecule has 2 N–H and O–H groups in total. The number of halogens is 3. The highest BCUT2D eigenvalue weighted by molar-refractivity contribution is 6.35. The Labute approximate surface area is 259 Å². The maximum atomic E-state index is 15.1. The number of carbonyl (C=O) groups excluding carboxylic acids is 4. The minimum Gasteiger partial charge on any atom is -0.506 e. The summed E-state index contributed by atoms with van der Waals surface area (Å²) in [6, 6.07) is 13.6. The first-order valence-electron chi connectivity index (χ1n) is 13.5. The van der Waals surface area contributed by atoms with Crippen LogP contribution in [0.3, 0.4) is 0 Å². The fourth-order valence-corrected chi connectivity index (χ4v) is 5.62. The number of rotatable bonds is 4. The van der Waals surface area contributed by atoms with Gasteiger partial charge in [-0.15, -0.1) is 12.8 Å². The minimum atomic E-state index is -5.07. The van der Waals surface area contributed by atoms with Crippen molar-refractivity contribution in [3.05, 3.63) is 117 Å². The third-order valence-electron chi connectivity index (χ3n) is 8.26. The summed E-state index contributed by atoms with van der Waals surface area (Å²) in [6.07, 6.45) is 5.73. The van der Waals surface area contributed by atoms with Crippen molar-refractivity contribution in [1.29, 1.82) is 0 Å². The number of terminal acetylenes is 2. The summed E-state index contributed by atoms with van der Waals surface area (Å²) in [5.74, 6) is -0.179. The van der Waals surface area contributed by atoms with Gasteiger partial charge in [0.1, 0.15) is 16.9 Å². The van der Waals surface area contributed by atoms with Crippen LogP contribution in [0.2, 0.25) is 0 Å². The number of imide groups is 2. The van der Waals surface area contributed by atoms with Crippen molar-refractivity contribution in [3.63, 3.8) is 0 Å². The Hall–Kier alpha value is -6.33. The van der Waals surface area contributed by atoms with Gasteiger partial charge in [0.05, 0.1) is 33.6 Å². The van der Waals surface area contributed by atoms with E-state index in [2.05, 4.69) is 11.8 Å². The van der Waals surface area contributed by atoms with E-state index in [1.807, 2.05) is 0 Å². The monoisotopic (exact) mass is 620 g/mol. The highest BCUT2D eigenvalue weighted by atomic mass is 19.4. The van der Waals surface area contributed by atoms with Gasteiger partial charge in [-0.1, -0.05) is 24.0 Å². The van der Waals surface area contributed by atoms with Gasteiger partial charge in [-0.3, -0.25) is 19.2 Å². The van der Waals surface area contributed by atoms with Crippen molar-refractivity contribution in [2.24, 2.45) is 0 Å². The summed E-state index contributed by atoms with van der Waals surface area (Å²) >= 11 is 0. The second-order valence-electron chi connectivity index (χ2n) is 10.7. The number of phenols is 2. The van der Waals surface area contributed by atoms with Gasteiger partial charge in [-0.2, -0.15) is 13.2 Å². The number of alkyl halides is 3. The number of hydrogen-bond donors (Lipinski definition) is 2. The molecule has 0 aromatic heterocycles. The molecule has 46 heavy (non-hydrogen) atoms. The van der Waals surface area contributed by atoms with E-state index in [0.29, 0.717) is 20.9 Å². The van der Waals surface area contributed by atoms with Crippen LogP contribution in [0.25, 0.3) is 0 Å². The van der Waals surface area contributed by atoms with Crippen molar-refractivity contribution in [3.8, 4) is 36.2 Å². The van der Waals surface area contributed by atoms with Gasteiger partial charge >= 0.3 is 6.18 Å². The minimum absolute atomic E-state index is 0.0501. The predicted octanol–water partition coefficient (Wildman–Crippen LogP) is 5.53. The fraction of sp³-hybridized carbons (Fsp3) is 0.0857. The van der Waals surface area contributed by atoms with Crippen LogP contribution >= 0.6 is 0 Å². The van der Waals surface area contributed by atoms with E-state index in [1.165, 1.54) is 36.4 Å². The lowest BCUT2D eigenvalue weighted by molar-refractivity contribution is -0.173. The zero-order valence-corrected chi connectivity index (χ0v) is 23.6. The van der Waals surface area contributed by atoms with Gasteiger partial charge in [-0.25, -0.2) is 9.80 Å². The molecular formula is C35H19F3N2O6. The average Bonchev–Trinajstić information content (AvgIpc) is 3.43. The molecule has 0 atom stereocenters. The van der Waals surface area contributed by atoms with Crippen LogP contribution in [0.15, 0.2) is 72.8 Å². The standard InChI is InChI=1S/C35H19F3N2O6/c1-4-18-6-10-22-24(14-18)32(45)39(30(22)43)26-16-20(8-12-28(26)41)34(3,35(36,37)38)21-9-13-29(42)27(17-21)40-31(44)23-11-7-19(5-2)15-25(23)33(40)46/h1-2,6-17,41-42H,3H3. The van der Waals surface area contributed by atoms with Crippen molar-refractivity contribution in [2.45, 2.75) is 18.5 Å². The van der Waals surface area contributed by atoms with E-state index >= 15 is 13.2 Å². The largest absolute Gasteiger partial charge is 0.506 e. The highest BCUT2D eigenvalue weighted by Crippen LogP contribution is 2.50. The lowest BCUT2D eigenvalue weighted by atomic mass is 9.75. The molecule has 2 aliphatic heterocycles. The van der Waals surface area contributed by atoms with Crippen LogP contribution in [0.5, 0.6) is 11.5 Å². The average molecular weight is 621 g/mol. The summed E-state index contributed by atoms with van der Waals surface area (Å²) in [4.78, 5) is 54.1. The number of nitrogens with zero attached hydrogens (tertiary/aromatic N) is 2. The summed E-state index contributed by atoms with van der Waals surface area (Å²) < 4.78 is 45.4. The molecule has 0 aliphatic carbocycles. The molecule has 0 spiro atoms. The maximum Gasteiger partial charge on any atom is 0.402 e. The van der Waals surface area contributed by atoms with Crippen molar-refractivity contribution in [1.82, 2.24) is 0 Å². The van der Waals surface area contributed by atoms with E-state index in [4.69, 9.17) is 12.8 Å². The number of carbonyl (C=O) groups is 4. The summed E-state index contributed by atoms with van der Waals surface area (Å²) in [7, 11) is 0. The summed E-state index contributed by atoms with van der Waals surface area (Å²) in [6.45, 7) is 0.808. The van der Waals surface area contributed by atoms with Gasteiger partial charge in [-0.05, 0) is 78.7 Å². The quantitative estimate of drug-likeness (QED) is 0.229. The van der Waals surface area contributed by atoms with Crippen LogP contribution in [-0.4, -0.2) is 40.0 Å². The number of aromatic hydroxyl groups is 2. The molecule has 4 amide bonds. The molecule has 4 aromatic rings. The Balaban J connectivity index is 1.47. The molecule has 0 unspecified atom stereocenters. The zero-order valence-electron chi connectivity index (χ0n) is 23.6. The van der Waals surface area contributed by atoms with Gasteiger partial charge in [0.2, 0.25) is 0 Å². The van der Waals surface area contributed by atoms with E-state index in [9.17, 15) is 29.4 Å². The molecule has 11 heteroatoms. The Bertz CT molecular complexity index is 2010. The first-order valence-corrected chi connectivity index (χ1v) is 13.5. The van der Waals surface area contributed by atoms with Crippen molar-refractivity contribution in [2.75, 3.05) is 9.80 Å². The zero-order chi connectivity index (χ0) is 33.3. The number of fused-ring (bicyclic) bond motifs is 2.